The number of nitrogens with one attached hydrogen (secondary N) is 2. The van der Waals surface area contributed by atoms with Crippen LogP contribution in [0.3, 0.4) is 0 Å². The van der Waals surface area contributed by atoms with Crippen LogP contribution < -0.4 is 16.6 Å². The van der Waals surface area contributed by atoms with Gasteiger partial charge in [0.1, 0.15) is 17.3 Å². The zero-order chi connectivity index (χ0) is 14.6. The summed E-state index contributed by atoms with van der Waals surface area (Å²) in [5.41, 5.74) is 3.27. The highest BCUT2D eigenvalue weighted by Gasteiger charge is 2.90. The van der Waals surface area contributed by atoms with Crippen LogP contribution in [0.5, 0.6) is 0 Å². The normalized spacial score (nSPS) is 43.4. The molecule has 2 saturated heterocycles. The van der Waals surface area contributed by atoms with Gasteiger partial charge in [-0.05, 0) is 0 Å². The number of ether oxygens (including phenoxy) is 1. The second-order valence-corrected chi connectivity index (χ2v) is 5.76. The van der Waals surface area contributed by atoms with Gasteiger partial charge in [0.2, 0.25) is 5.95 Å². The molecule has 21 heavy (non-hydrogen) atoms. The van der Waals surface area contributed by atoms with Crippen LogP contribution in [0.2, 0.25) is 0 Å². The first-order chi connectivity index (χ1) is 9.99. The van der Waals surface area contributed by atoms with Crippen LogP contribution >= 0.6 is 0 Å². The minimum absolute atomic E-state index is 0.0209. The van der Waals surface area contributed by atoms with Crippen LogP contribution in [0.15, 0.2) is 11.1 Å². The summed E-state index contributed by atoms with van der Waals surface area (Å²) in [4.78, 5) is 22.2. The molecule has 0 aromatic carbocycles. The number of hydrogen-bond donors (Lipinski definition) is 5. The average molecular weight is 292 g/mol. The number of nitrogens with zero attached hydrogens (tertiary/aromatic N) is 3. The summed E-state index contributed by atoms with van der Waals surface area (Å²) >= 11 is 0. The highest BCUT2D eigenvalue weighted by atomic mass is 16.6. The van der Waals surface area contributed by atoms with Gasteiger partial charge >= 0.3 is 0 Å². The monoisotopic (exact) mass is 292 g/mol. The minimum Gasteiger partial charge on any atom is -0.387 e. The van der Waals surface area contributed by atoms with E-state index >= 15 is 0 Å². The number of rotatable bonds is 1. The first-order valence-electron chi connectivity index (χ1n) is 6.53. The lowest BCUT2D eigenvalue weighted by Crippen LogP contribution is -2.49. The fraction of sp³-hybridized carbons (Fsp3) is 0.545. The zero-order valence-electron chi connectivity index (χ0n) is 10.6. The number of aromatic amines is 1. The van der Waals surface area contributed by atoms with Gasteiger partial charge in [0.25, 0.3) is 5.56 Å². The molecule has 4 heterocycles. The zero-order valence-corrected chi connectivity index (χ0v) is 10.6. The molecule has 10 nitrogen and oxygen atoms in total. The summed E-state index contributed by atoms with van der Waals surface area (Å²) in [6, 6.07) is -0.493. The number of imidazole rings is 1. The molecule has 2 bridgehead atoms. The van der Waals surface area contributed by atoms with Crippen LogP contribution in [-0.2, 0) is 4.74 Å². The van der Waals surface area contributed by atoms with Crippen molar-refractivity contribution in [1.82, 2.24) is 24.8 Å². The SMILES string of the molecule is Nc1nc2c(ncn2[C@@H]2O[C@@]34CN[C@@H]2[C@@]3(O)C4O)c(=O)[nH]1. The maximum atomic E-state index is 11.8. The Bertz CT molecular complexity index is 843. The van der Waals surface area contributed by atoms with Crippen molar-refractivity contribution in [3.8, 4) is 0 Å². The molecule has 2 aromatic heterocycles. The number of aliphatic hydroxyl groups is 2. The van der Waals surface area contributed by atoms with Gasteiger partial charge in [-0.25, -0.2) is 4.98 Å². The Morgan fingerprint density at radius 1 is 1.57 bits per heavy atom. The van der Waals surface area contributed by atoms with Crippen molar-refractivity contribution in [2.45, 2.75) is 29.6 Å². The molecule has 2 aromatic rings. The molecule has 5 rings (SSSR count). The topological polar surface area (TPSA) is 151 Å². The standard InChI is InChI=1S/C11H12N6O4/c12-9-15-5-3(6(18)16-9)14-2-17(5)7-4-11(20)8(19)10(11,21-7)1-13-4/h2,4,7-8,13,19-20H,1H2,(H3,12,15,16,18)/t4-,7+,8?,10+,11+/m0/s1. The molecule has 1 saturated carbocycles. The molecule has 2 aliphatic heterocycles. The van der Waals surface area contributed by atoms with Crippen molar-refractivity contribution in [1.29, 1.82) is 0 Å². The summed E-state index contributed by atoms with van der Waals surface area (Å²) in [6.07, 6.45) is -0.0832. The molecular weight excluding hydrogens is 280 g/mol. The number of anilines is 1. The van der Waals surface area contributed by atoms with Crippen LogP contribution in [0.1, 0.15) is 6.23 Å². The van der Waals surface area contributed by atoms with E-state index in [0.29, 0.717) is 6.54 Å². The third-order valence-corrected chi connectivity index (χ3v) is 4.85. The summed E-state index contributed by atoms with van der Waals surface area (Å²) in [6.45, 7) is 0.384. The second-order valence-electron chi connectivity index (χ2n) is 5.76. The molecule has 5 atom stereocenters. The van der Waals surface area contributed by atoms with Crippen LogP contribution in [-0.4, -0.2) is 59.6 Å². The van der Waals surface area contributed by atoms with E-state index in [2.05, 4.69) is 20.3 Å². The molecule has 0 radical (unpaired) electrons. The maximum absolute atomic E-state index is 11.8. The Kier molecular flexibility index (Phi) is 1.71. The van der Waals surface area contributed by atoms with Gasteiger partial charge in [-0.15, -0.1) is 0 Å². The number of aliphatic hydroxyl groups excluding tert-OH is 1. The highest BCUT2D eigenvalue weighted by molar-refractivity contribution is 5.70. The maximum Gasteiger partial charge on any atom is 0.280 e. The number of fused-ring (bicyclic) bond motifs is 1. The highest BCUT2D eigenvalue weighted by Crippen LogP contribution is 2.65. The van der Waals surface area contributed by atoms with Crippen molar-refractivity contribution >= 4 is 17.1 Å². The van der Waals surface area contributed by atoms with Gasteiger partial charge < -0.3 is 26.0 Å². The van der Waals surface area contributed by atoms with Gasteiger partial charge in [0, 0.05) is 6.54 Å². The van der Waals surface area contributed by atoms with Crippen LogP contribution in [0.25, 0.3) is 11.2 Å². The van der Waals surface area contributed by atoms with E-state index in [9.17, 15) is 15.0 Å². The number of hydrogen-bond acceptors (Lipinski definition) is 8. The smallest absolute Gasteiger partial charge is 0.280 e. The number of nitrogens with two attached hydrogens (primary N) is 1. The summed E-state index contributed by atoms with van der Waals surface area (Å²) < 4.78 is 7.39. The Labute approximate surface area is 116 Å². The van der Waals surface area contributed by atoms with E-state index in [1.807, 2.05) is 0 Å². The number of piperidine rings is 1. The second kappa shape index (κ2) is 3.09. The van der Waals surface area contributed by atoms with Crippen molar-refractivity contribution in [2.75, 3.05) is 12.3 Å². The fourth-order valence-electron chi connectivity index (χ4n) is 3.73. The Hall–Kier alpha value is -2.01. The predicted molar refractivity (Wildman–Crippen MR) is 68.2 cm³/mol. The Morgan fingerprint density at radius 2 is 2.38 bits per heavy atom. The van der Waals surface area contributed by atoms with Crippen molar-refractivity contribution < 1.29 is 14.9 Å². The lowest BCUT2D eigenvalue weighted by atomic mass is 10.1. The Morgan fingerprint density at radius 3 is 3.05 bits per heavy atom. The first kappa shape index (κ1) is 11.6. The first-order valence-corrected chi connectivity index (χ1v) is 6.53. The van der Waals surface area contributed by atoms with E-state index in [-0.39, 0.29) is 17.1 Å². The van der Waals surface area contributed by atoms with Gasteiger partial charge in [-0.3, -0.25) is 14.3 Å². The van der Waals surface area contributed by atoms with Crippen molar-refractivity contribution in [3.05, 3.63) is 16.7 Å². The van der Waals surface area contributed by atoms with E-state index in [1.54, 1.807) is 4.57 Å². The largest absolute Gasteiger partial charge is 0.387 e. The van der Waals surface area contributed by atoms with Crippen LogP contribution in [0, 0.1) is 0 Å². The van der Waals surface area contributed by atoms with Crippen LogP contribution in [0.4, 0.5) is 5.95 Å². The molecule has 10 heteroatoms. The lowest BCUT2D eigenvalue weighted by Gasteiger charge is -2.31. The molecule has 0 spiro atoms. The number of aromatic nitrogens is 4. The van der Waals surface area contributed by atoms with Gasteiger partial charge in [-0.2, -0.15) is 4.98 Å². The lowest BCUT2D eigenvalue weighted by molar-refractivity contribution is -0.0981. The molecular formula is C11H12N6O4. The summed E-state index contributed by atoms with van der Waals surface area (Å²) in [5, 5.41) is 23.5. The molecule has 6 N–H and O–H groups in total. The van der Waals surface area contributed by atoms with Gasteiger partial charge in [0.05, 0.1) is 12.4 Å². The minimum atomic E-state index is -1.30. The predicted octanol–water partition coefficient (Wildman–Crippen LogP) is -2.95. The molecule has 1 unspecified atom stereocenters. The molecule has 1 aliphatic carbocycles. The summed E-state index contributed by atoms with van der Waals surface area (Å²) in [5.74, 6) is -0.0209. The summed E-state index contributed by atoms with van der Waals surface area (Å²) in [7, 11) is 0. The van der Waals surface area contributed by atoms with Gasteiger partial charge in [-0.1, -0.05) is 0 Å². The van der Waals surface area contributed by atoms with E-state index < -0.39 is 35.1 Å². The third kappa shape index (κ3) is 1.02. The number of morpholine rings is 1. The van der Waals surface area contributed by atoms with Crippen molar-refractivity contribution in [2.24, 2.45) is 0 Å². The molecule has 3 aliphatic rings. The van der Waals surface area contributed by atoms with E-state index in [4.69, 9.17) is 10.5 Å². The van der Waals surface area contributed by atoms with Crippen molar-refractivity contribution in [3.63, 3.8) is 0 Å². The van der Waals surface area contributed by atoms with E-state index in [1.165, 1.54) is 6.33 Å². The molecule has 3 fully saturated rings. The number of H-pyrrole nitrogens is 1. The quantitative estimate of drug-likeness (QED) is 0.374. The van der Waals surface area contributed by atoms with Gasteiger partial charge in [0.15, 0.2) is 17.4 Å². The third-order valence-electron chi connectivity index (χ3n) is 4.85. The van der Waals surface area contributed by atoms with E-state index in [0.717, 1.165) is 0 Å². The average Bonchev–Trinajstić information content (AvgIpc) is 2.89. The fourth-order valence-corrected chi connectivity index (χ4v) is 3.73. The molecule has 110 valence electrons. The molecule has 0 amide bonds. The Balaban J connectivity index is 1.67. The number of nitrogen functional groups attached to an aromatic ring is 1.